The van der Waals surface area contributed by atoms with Gasteiger partial charge in [-0.1, -0.05) is 0 Å². The number of nitrogens with zero attached hydrogens (tertiary/aromatic N) is 3. The molecule has 4 rings (SSSR count). The van der Waals surface area contributed by atoms with Crippen molar-refractivity contribution in [3.63, 3.8) is 0 Å². The monoisotopic (exact) mass is 324 g/mol. The lowest BCUT2D eigenvalue weighted by molar-refractivity contribution is -0.121. The van der Waals surface area contributed by atoms with Crippen molar-refractivity contribution < 1.29 is 4.79 Å². The Kier molecular flexibility index (Phi) is 4.08. The predicted molar refractivity (Wildman–Crippen MR) is 90.1 cm³/mol. The van der Waals surface area contributed by atoms with Gasteiger partial charge in [0.1, 0.15) is 11.9 Å². The quantitative estimate of drug-likeness (QED) is 0.786. The Hall–Kier alpha value is -2.54. The molecule has 0 aliphatic carbocycles. The van der Waals surface area contributed by atoms with Crippen LogP contribution in [0.3, 0.4) is 0 Å². The lowest BCUT2D eigenvalue weighted by Gasteiger charge is -2.18. The lowest BCUT2D eigenvalue weighted by atomic mass is 10.1. The lowest BCUT2D eigenvalue weighted by Crippen LogP contribution is -2.38. The Bertz CT molecular complexity index is 748. The van der Waals surface area contributed by atoms with Gasteiger partial charge < -0.3 is 16.0 Å². The first-order chi connectivity index (χ1) is 11.8. The normalized spacial score (nSPS) is 20.2. The molecule has 2 aromatic rings. The van der Waals surface area contributed by atoms with Gasteiger partial charge in [-0.25, -0.2) is 9.97 Å². The first kappa shape index (κ1) is 15.0. The second-order valence-electron chi connectivity index (χ2n) is 6.15. The van der Waals surface area contributed by atoms with Crippen LogP contribution in [-0.4, -0.2) is 33.4 Å². The van der Waals surface area contributed by atoms with Gasteiger partial charge in [-0.3, -0.25) is 9.78 Å². The van der Waals surface area contributed by atoms with E-state index in [0.717, 1.165) is 61.5 Å². The zero-order valence-corrected chi connectivity index (χ0v) is 13.4. The van der Waals surface area contributed by atoms with E-state index in [1.54, 1.807) is 12.4 Å². The standard InChI is InChI=1S/C17H20N6O/c24-17-13(5-1-2-7-20-17)21-16-12-9-19-10-14(12)22-15(23-16)11-4-3-6-18-8-11/h3-4,6,8,13,19H,1-2,5,7,9-10H2,(H,20,24)(H,21,22,23)/t13-/m0/s1. The van der Waals surface area contributed by atoms with Crippen molar-refractivity contribution in [3.05, 3.63) is 35.8 Å². The Morgan fingerprint density at radius 3 is 3.04 bits per heavy atom. The van der Waals surface area contributed by atoms with E-state index in [2.05, 4.69) is 25.9 Å². The van der Waals surface area contributed by atoms with Crippen LogP contribution in [-0.2, 0) is 17.9 Å². The molecule has 124 valence electrons. The number of aromatic nitrogens is 3. The van der Waals surface area contributed by atoms with Crippen molar-refractivity contribution in [3.8, 4) is 11.4 Å². The van der Waals surface area contributed by atoms with E-state index in [4.69, 9.17) is 4.98 Å². The fraction of sp³-hybridized carbons (Fsp3) is 0.412. The van der Waals surface area contributed by atoms with Gasteiger partial charge in [0.05, 0.1) is 5.69 Å². The van der Waals surface area contributed by atoms with Gasteiger partial charge in [0, 0.05) is 43.2 Å². The summed E-state index contributed by atoms with van der Waals surface area (Å²) in [4.78, 5) is 25.7. The fourth-order valence-corrected chi connectivity index (χ4v) is 3.15. The molecule has 2 aliphatic rings. The number of nitrogens with one attached hydrogen (secondary N) is 3. The molecule has 7 nitrogen and oxygen atoms in total. The van der Waals surface area contributed by atoms with E-state index in [0.29, 0.717) is 5.82 Å². The summed E-state index contributed by atoms with van der Waals surface area (Å²) >= 11 is 0. The van der Waals surface area contributed by atoms with Crippen molar-refractivity contribution >= 4 is 11.7 Å². The highest BCUT2D eigenvalue weighted by Gasteiger charge is 2.25. The van der Waals surface area contributed by atoms with Gasteiger partial charge in [0.2, 0.25) is 5.91 Å². The van der Waals surface area contributed by atoms with Gasteiger partial charge in [0.25, 0.3) is 0 Å². The summed E-state index contributed by atoms with van der Waals surface area (Å²) in [6.45, 7) is 2.19. The molecular formula is C17H20N6O. The Balaban J connectivity index is 1.69. The van der Waals surface area contributed by atoms with E-state index >= 15 is 0 Å². The molecule has 0 aromatic carbocycles. The zero-order chi connectivity index (χ0) is 16.4. The van der Waals surface area contributed by atoms with E-state index in [1.807, 2.05) is 12.1 Å². The zero-order valence-electron chi connectivity index (χ0n) is 13.4. The Morgan fingerprint density at radius 1 is 1.21 bits per heavy atom. The number of amides is 1. The van der Waals surface area contributed by atoms with E-state index in [1.165, 1.54) is 0 Å². The van der Waals surface area contributed by atoms with E-state index in [-0.39, 0.29) is 11.9 Å². The number of rotatable bonds is 3. The number of anilines is 1. The molecule has 2 aromatic heterocycles. The van der Waals surface area contributed by atoms with Crippen LogP contribution in [0.1, 0.15) is 30.5 Å². The molecule has 2 aliphatic heterocycles. The number of pyridine rings is 1. The highest BCUT2D eigenvalue weighted by atomic mass is 16.2. The van der Waals surface area contributed by atoms with Crippen LogP contribution < -0.4 is 16.0 Å². The van der Waals surface area contributed by atoms with Crippen molar-refractivity contribution in [2.45, 2.75) is 38.4 Å². The largest absolute Gasteiger partial charge is 0.358 e. The molecule has 1 fully saturated rings. The van der Waals surface area contributed by atoms with Gasteiger partial charge in [-0.2, -0.15) is 0 Å². The Morgan fingerprint density at radius 2 is 2.17 bits per heavy atom. The third-order valence-corrected chi connectivity index (χ3v) is 4.45. The van der Waals surface area contributed by atoms with Gasteiger partial charge in [-0.15, -0.1) is 0 Å². The summed E-state index contributed by atoms with van der Waals surface area (Å²) in [5, 5.41) is 9.62. The van der Waals surface area contributed by atoms with Gasteiger partial charge in [-0.05, 0) is 31.4 Å². The first-order valence-electron chi connectivity index (χ1n) is 8.36. The molecule has 3 N–H and O–H groups in total. The molecule has 0 saturated carbocycles. The maximum absolute atomic E-state index is 12.2. The minimum atomic E-state index is -0.242. The van der Waals surface area contributed by atoms with Gasteiger partial charge >= 0.3 is 0 Å². The molecule has 0 bridgehead atoms. The third kappa shape index (κ3) is 2.94. The second-order valence-corrected chi connectivity index (χ2v) is 6.15. The van der Waals surface area contributed by atoms with Crippen molar-refractivity contribution in [1.29, 1.82) is 0 Å². The van der Waals surface area contributed by atoms with E-state index in [9.17, 15) is 4.79 Å². The average molecular weight is 324 g/mol. The smallest absolute Gasteiger partial charge is 0.242 e. The number of hydrogen-bond acceptors (Lipinski definition) is 6. The van der Waals surface area contributed by atoms with Crippen LogP contribution in [0.2, 0.25) is 0 Å². The first-order valence-corrected chi connectivity index (χ1v) is 8.36. The van der Waals surface area contributed by atoms with E-state index < -0.39 is 0 Å². The minimum Gasteiger partial charge on any atom is -0.358 e. The van der Waals surface area contributed by atoms with Crippen LogP contribution in [0.4, 0.5) is 5.82 Å². The van der Waals surface area contributed by atoms with Crippen LogP contribution in [0, 0.1) is 0 Å². The number of fused-ring (bicyclic) bond motifs is 1. The average Bonchev–Trinajstić information content (AvgIpc) is 3.01. The number of hydrogen-bond donors (Lipinski definition) is 3. The third-order valence-electron chi connectivity index (χ3n) is 4.45. The second kappa shape index (κ2) is 6.52. The highest BCUT2D eigenvalue weighted by Crippen LogP contribution is 2.26. The van der Waals surface area contributed by atoms with Crippen LogP contribution >= 0.6 is 0 Å². The summed E-state index contributed by atoms with van der Waals surface area (Å²) in [6, 6.07) is 3.57. The molecule has 24 heavy (non-hydrogen) atoms. The minimum absolute atomic E-state index is 0.0498. The molecule has 0 spiro atoms. The summed E-state index contributed by atoms with van der Waals surface area (Å²) in [5.41, 5.74) is 2.92. The molecule has 1 saturated heterocycles. The number of carbonyl (C=O) groups is 1. The van der Waals surface area contributed by atoms with Crippen LogP contribution in [0.15, 0.2) is 24.5 Å². The highest BCUT2D eigenvalue weighted by molar-refractivity contribution is 5.84. The molecule has 0 unspecified atom stereocenters. The topological polar surface area (TPSA) is 91.8 Å². The molecule has 7 heteroatoms. The molecule has 4 heterocycles. The summed E-state index contributed by atoms with van der Waals surface area (Å²) in [7, 11) is 0. The van der Waals surface area contributed by atoms with Crippen molar-refractivity contribution in [2.75, 3.05) is 11.9 Å². The van der Waals surface area contributed by atoms with Crippen molar-refractivity contribution in [1.82, 2.24) is 25.6 Å². The maximum atomic E-state index is 12.2. The molecule has 0 radical (unpaired) electrons. The number of carbonyl (C=O) groups excluding carboxylic acids is 1. The summed E-state index contributed by atoms with van der Waals surface area (Å²) in [5.74, 6) is 1.45. The molecular weight excluding hydrogens is 304 g/mol. The maximum Gasteiger partial charge on any atom is 0.242 e. The SMILES string of the molecule is O=C1NCCCC[C@@H]1Nc1nc(-c2cccnc2)nc2c1CNC2. The summed E-state index contributed by atoms with van der Waals surface area (Å²) < 4.78 is 0. The van der Waals surface area contributed by atoms with Crippen LogP contribution in [0.25, 0.3) is 11.4 Å². The van der Waals surface area contributed by atoms with Crippen molar-refractivity contribution in [2.24, 2.45) is 0 Å². The van der Waals surface area contributed by atoms with Crippen LogP contribution in [0.5, 0.6) is 0 Å². The van der Waals surface area contributed by atoms with Gasteiger partial charge in [0.15, 0.2) is 5.82 Å². The molecule has 1 amide bonds. The summed E-state index contributed by atoms with van der Waals surface area (Å²) in [6.07, 6.45) is 6.35. The Labute approximate surface area is 140 Å². The fourth-order valence-electron chi connectivity index (χ4n) is 3.15. The predicted octanol–water partition coefficient (Wildman–Crippen LogP) is 1.22. The molecule has 1 atom stereocenters.